The van der Waals surface area contributed by atoms with Gasteiger partial charge in [0.15, 0.2) is 0 Å². The number of halogens is 1. The summed E-state index contributed by atoms with van der Waals surface area (Å²) < 4.78 is 0.934. The van der Waals surface area contributed by atoms with Crippen molar-refractivity contribution in [1.82, 2.24) is 15.2 Å². The lowest BCUT2D eigenvalue weighted by Crippen LogP contribution is -2.45. The van der Waals surface area contributed by atoms with Crippen LogP contribution in [0.5, 0.6) is 0 Å². The Morgan fingerprint density at radius 2 is 2.11 bits per heavy atom. The fourth-order valence-corrected chi connectivity index (χ4v) is 2.94. The standard InChI is InChI=1S/C14H22BrN3/c1-11(2)9-13(18-7-5-16-6-8-18)12-3-4-17-14(15)10-12/h3-4,10-11,13,16H,5-9H2,1-2H3/t13-/m1/s1. The van der Waals surface area contributed by atoms with Crippen molar-refractivity contribution in [3.05, 3.63) is 28.5 Å². The second-order valence-electron chi connectivity index (χ2n) is 5.34. The zero-order valence-electron chi connectivity index (χ0n) is 11.2. The molecule has 2 heterocycles. The van der Waals surface area contributed by atoms with E-state index in [1.54, 1.807) is 0 Å². The lowest BCUT2D eigenvalue weighted by Gasteiger charge is -2.36. The van der Waals surface area contributed by atoms with Crippen LogP contribution < -0.4 is 5.32 Å². The van der Waals surface area contributed by atoms with Gasteiger partial charge in [-0.1, -0.05) is 13.8 Å². The van der Waals surface area contributed by atoms with Gasteiger partial charge in [-0.3, -0.25) is 4.90 Å². The molecule has 0 unspecified atom stereocenters. The fraction of sp³-hybridized carbons (Fsp3) is 0.643. The third kappa shape index (κ3) is 3.77. The summed E-state index contributed by atoms with van der Waals surface area (Å²) in [6.07, 6.45) is 3.10. The SMILES string of the molecule is CC(C)C[C@H](c1ccnc(Br)c1)N1CCNCC1. The zero-order chi connectivity index (χ0) is 13.0. The Labute approximate surface area is 118 Å². The van der Waals surface area contributed by atoms with Crippen molar-refractivity contribution >= 4 is 15.9 Å². The second-order valence-corrected chi connectivity index (χ2v) is 6.16. The minimum absolute atomic E-state index is 0.520. The molecular formula is C14H22BrN3. The number of hydrogen-bond acceptors (Lipinski definition) is 3. The Balaban J connectivity index is 2.18. The van der Waals surface area contributed by atoms with E-state index in [4.69, 9.17) is 0 Å². The predicted octanol–water partition coefficient (Wildman–Crippen LogP) is 2.84. The molecule has 0 amide bonds. The summed E-state index contributed by atoms with van der Waals surface area (Å²) in [6, 6.07) is 4.83. The van der Waals surface area contributed by atoms with Crippen LogP contribution >= 0.6 is 15.9 Å². The molecule has 0 bridgehead atoms. The molecule has 4 heteroatoms. The molecule has 2 rings (SSSR count). The normalized spacial score (nSPS) is 19.1. The highest BCUT2D eigenvalue weighted by Gasteiger charge is 2.23. The summed E-state index contributed by atoms with van der Waals surface area (Å²) in [5.74, 6) is 0.705. The summed E-state index contributed by atoms with van der Waals surface area (Å²) in [7, 11) is 0. The first kappa shape index (κ1) is 14.0. The van der Waals surface area contributed by atoms with Gasteiger partial charge in [0.2, 0.25) is 0 Å². The first-order valence-electron chi connectivity index (χ1n) is 6.73. The highest BCUT2D eigenvalue weighted by molar-refractivity contribution is 9.10. The highest BCUT2D eigenvalue weighted by atomic mass is 79.9. The van der Waals surface area contributed by atoms with Gasteiger partial charge in [-0.05, 0) is 46.0 Å². The number of rotatable bonds is 4. The minimum Gasteiger partial charge on any atom is -0.314 e. The molecule has 0 radical (unpaired) electrons. The third-order valence-electron chi connectivity index (χ3n) is 3.42. The molecule has 1 aromatic rings. The van der Waals surface area contributed by atoms with Crippen molar-refractivity contribution in [2.45, 2.75) is 26.3 Å². The molecule has 1 fully saturated rings. The van der Waals surface area contributed by atoms with E-state index in [9.17, 15) is 0 Å². The van der Waals surface area contributed by atoms with Gasteiger partial charge in [-0.25, -0.2) is 4.98 Å². The fourth-order valence-electron chi connectivity index (χ4n) is 2.56. The molecule has 0 saturated carbocycles. The summed E-state index contributed by atoms with van der Waals surface area (Å²) in [6.45, 7) is 9.06. The molecule has 0 aliphatic carbocycles. The number of aromatic nitrogens is 1. The maximum absolute atomic E-state index is 4.23. The van der Waals surface area contributed by atoms with Crippen molar-refractivity contribution in [3.8, 4) is 0 Å². The van der Waals surface area contributed by atoms with E-state index in [-0.39, 0.29) is 0 Å². The first-order chi connectivity index (χ1) is 8.66. The molecule has 1 aliphatic heterocycles. The number of nitrogens with zero attached hydrogens (tertiary/aromatic N) is 2. The topological polar surface area (TPSA) is 28.2 Å². The van der Waals surface area contributed by atoms with Crippen LogP contribution in [0.25, 0.3) is 0 Å². The Morgan fingerprint density at radius 1 is 1.39 bits per heavy atom. The largest absolute Gasteiger partial charge is 0.314 e. The molecule has 1 aromatic heterocycles. The molecule has 0 spiro atoms. The van der Waals surface area contributed by atoms with E-state index < -0.39 is 0 Å². The van der Waals surface area contributed by atoms with Crippen molar-refractivity contribution in [3.63, 3.8) is 0 Å². The maximum atomic E-state index is 4.23. The van der Waals surface area contributed by atoms with Crippen LogP contribution in [-0.4, -0.2) is 36.1 Å². The van der Waals surface area contributed by atoms with Gasteiger partial charge < -0.3 is 5.32 Å². The van der Waals surface area contributed by atoms with E-state index in [1.807, 2.05) is 6.20 Å². The molecule has 1 N–H and O–H groups in total. The van der Waals surface area contributed by atoms with E-state index in [0.717, 1.165) is 30.8 Å². The molecule has 1 saturated heterocycles. The van der Waals surface area contributed by atoms with E-state index in [1.165, 1.54) is 12.0 Å². The number of nitrogens with one attached hydrogen (secondary N) is 1. The zero-order valence-corrected chi connectivity index (χ0v) is 12.8. The van der Waals surface area contributed by atoms with Gasteiger partial charge in [-0.2, -0.15) is 0 Å². The van der Waals surface area contributed by atoms with Gasteiger partial charge in [-0.15, -0.1) is 0 Å². The van der Waals surface area contributed by atoms with Crippen LogP contribution in [0.15, 0.2) is 22.9 Å². The van der Waals surface area contributed by atoms with Gasteiger partial charge in [0, 0.05) is 38.4 Å². The van der Waals surface area contributed by atoms with E-state index in [2.05, 4.69) is 57.1 Å². The second kappa shape index (κ2) is 6.64. The number of pyridine rings is 1. The van der Waals surface area contributed by atoms with Crippen LogP contribution in [0.3, 0.4) is 0 Å². The van der Waals surface area contributed by atoms with Gasteiger partial charge in [0.25, 0.3) is 0 Å². The average molecular weight is 312 g/mol. The first-order valence-corrected chi connectivity index (χ1v) is 7.52. The van der Waals surface area contributed by atoms with Crippen LogP contribution in [0.4, 0.5) is 0 Å². The molecule has 100 valence electrons. The predicted molar refractivity (Wildman–Crippen MR) is 78.6 cm³/mol. The Bertz CT molecular complexity index is 375. The molecule has 1 atom stereocenters. The lowest BCUT2D eigenvalue weighted by molar-refractivity contribution is 0.154. The molecule has 3 nitrogen and oxygen atoms in total. The van der Waals surface area contributed by atoms with Crippen molar-refractivity contribution in [1.29, 1.82) is 0 Å². The van der Waals surface area contributed by atoms with Crippen molar-refractivity contribution < 1.29 is 0 Å². The molecule has 0 aromatic carbocycles. The minimum atomic E-state index is 0.520. The van der Waals surface area contributed by atoms with Gasteiger partial charge in [0.1, 0.15) is 4.60 Å². The van der Waals surface area contributed by atoms with Crippen LogP contribution in [-0.2, 0) is 0 Å². The number of piperazine rings is 1. The third-order valence-corrected chi connectivity index (χ3v) is 3.86. The van der Waals surface area contributed by atoms with Crippen molar-refractivity contribution in [2.75, 3.05) is 26.2 Å². The van der Waals surface area contributed by atoms with Crippen LogP contribution in [0.2, 0.25) is 0 Å². The number of hydrogen-bond donors (Lipinski definition) is 1. The molecule has 1 aliphatic rings. The smallest absolute Gasteiger partial charge is 0.106 e. The van der Waals surface area contributed by atoms with E-state index >= 15 is 0 Å². The van der Waals surface area contributed by atoms with Gasteiger partial charge in [0.05, 0.1) is 0 Å². The van der Waals surface area contributed by atoms with Crippen molar-refractivity contribution in [2.24, 2.45) is 5.92 Å². The quantitative estimate of drug-likeness (QED) is 0.867. The van der Waals surface area contributed by atoms with Crippen LogP contribution in [0, 0.1) is 5.92 Å². The molecular weight excluding hydrogens is 290 g/mol. The Hall–Kier alpha value is -0.450. The maximum Gasteiger partial charge on any atom is 0.106 e. The highest BCUT2D eigenvalue weighted by Crippen LogP contribution is 2.28. The lowest BCUT2D eigenvalue weighted by atomic mass is 9.96. The Morgan fingerprint density at radius 3 is 2.72 bits per heavy atom. The van der Waals surface area contributed by atoms with Crippen LogP contribution in [0.1, 0.15) is 31.9 Å². The van der Waals surface area contributed by atoms with Gasteiger partial charge >= 0.3 is 0 Å². The van der Waals surface area contributed by atoms with E-state index in [0.29, 0.717) is 12.0 Å². The monoisotopic (exact) mass is 311 g/mol. The Kier molecular flexibility index (Phi) is 5.15. The summed E-state index contributed by atoms with van der Waals surface area (Å²) in [5, 5.41) is 3.42. The summed E-state index contributed by atoms with van der Waals surface area (Å²) in [4.78, 5) is 6.83. The molecule has 18 heavy (non-hydrogen) atoms. The average Bonchev–Trinajstić information content (AvgIpc) is 2.37. The summed E-state index contributed by atoms with van der Waals surface area (Å²) in [5.41, 5.74) is 1.38. The summed E-state index contributed by atoms with van der Waals surface area (Å²) >= 11 is 3.48.